The molecule has 1 saturated heterocycles. The maximum atomic E-state index is 11.7. The van der Waals surface area contributed by atoms with Gasteiger partial charge in [0.2, 0.25) is 5.91 Å². The summed E-state index contributed by atoms with van der Waals surface area (Å²) in [5.74, 6) is 1.81. The zero-order chi connectivity index (χ0) is 14.2. The van der Waals surface area contributed by atoms with Gasteiger partial charge in [-0.2, -0.15) is 11.8 Å². The van der Waals surface area contributed by atoms with Gasteiger partial charge >= 0.3 is 0 Å². The van der Waals surface area contributed by atoms with Crippen molar-refractivity contribution in [1.82, 2.24) is 15.6 Å². The largest absolute Gasteiger partial charge is 0.391 e. The third-order valence-electron chi connectivity index (χ3n) is 3.32. The SMILES string of the molecule is Cl.Cl.O=C(CCSCc1ccccn1)NCC1CNCC1O. The van der Waals surface area contributed by atoms with Crippen molar-refractivity contribution in [2.45, 2.75) is 18.3 Å². The molecule has 1 aliphatic heterocycles. The highest BCUT2D eigenvalue weighted by molar-refractivity contribution is 7.98. The van der Waals surface area contributed by atoms with E-state index in [1.807, 2.05) is 18.2 Å². The molecular formula is C14H23Cl2N3O2S. The number of pyridine rings is 1. The fourth-order valence-corrected chi connectivity index (χ4v) is 2.94. The molecule has 1 fully saturated rings. The highest BCUT2D eigenvalue weighted by Crippen LogP contribution is 2.11. The smallest absolute Gasteiger partial charge is 0.220 e. The molecule has 1 aromatic heterocycles. The van der Waals surface area contributed by atoms with Crippen LogP contribution in [0.1, 0.15) is 12.1 Å². The number of β-amino-alcohol motifs (C(OH)–C–C–N with tert-alkyl or cyclic N) is 1. The van der Waals surface area contributed by atoms with Crippen LogP contribution >= 0.6 is 36.6 Å². The van der Waals surface area contributed by atoms with Crippen molar-refractivity contribution in [2.24, 2.45) is 5.92 Å². The lowest BCUT2D eigenvalue weighted by Crippen LogP contribution is -2.34. The minimum Gasteiger partial charge on any atom is -0.391 e. The maximum Gasteiger partial charge on any atom is 0.220 e. The van der Waals surface area contributed by atoms with Crippen molar-refractivity contribution in [3.8, 4) is 0 Å². The normalized spacial score (nSPS) is 19.9. The number of nitrogens with one attached hydrogen (secondary N) is 2. The van der Waals surface area contributed by atoms with Gasteiger partial charge in [0, 0.05) is 49.7 Å². The molecule has 126 valence electrons. The third-order valence-corrected chi connectivity index (χ3v) is 4.31. The Bertz CT molecular complexity index is 426. The number of aliphatic hydroxyl groups excluding tert-OH is 1. The van der Waals surface area contributed by atoms with E-state index >= 15 is 0 Å². The van der Waals surface area contributed by atoms with Gasteiger partial charge < -0.3 is 15.7 Å². The second-order valence-corrected chi connectivity index (χ2v) is 6.02. The molecule has 5 nitrogen and oxygen atoms in total. The van der Waals surface area contributed by atoms with Gasteiger partial charge in [-0.05, 0) is 12.1 Å². The predicted octanol–water partition coefficient (Wildman–Crippen LogP) is 1.24. The molecular weight excluding hydrogens is 345 g/mol. The zero-order valence-corrected chi connectivity index (χ0v) is 14.7. The number of halogens is 2. The molecule has 2 heterocycles. The number of nitrogens with zero attached hydrogens (tertiary/aromatic N) is 1. The van der Waals surface area contributed by atoms with E-state index in [-0.39, 0.29) is 42.7 Å². The van der Waals surface area contributed by atoms with Crippen molar-refractivity contribution in [3.05, 3.63) is 30.1 Å². The second-order valence-electron chi connectivity index (χ2n) is 4.91. The fourth-order valence-electron chi connectivity index (χ4n) is 2.09. The molecule has 0 aromatic carbocycles. The number of thioether (sulfide) groups is 1. The molecule has 1 amide bonds. The van der Waals surface area contributed by atoms with Crippen molar-refractivity contribution >= 4 is 42.5 Å². The molecule has 22 heavy (non-hydrogen) atoms. The van der Waals surface area contributed by atoms with E-state index < -0.39 is 0 Å². The Morgan fingerprint density at radius 3 is 2.86 bits per heavy atom. The van der Waals surface area contributed by atoms with Gasteiger partial charge in [-0.1, -0.05) is 6.07 Å². The zero-order valence-electron chi connectivity index (χ0n) is 12.2. The number of hydrogen-bond donors (Lipinski definition) is 3. The molecule has 2 atom stereocenters. The number of amides is 1. The van der Waals surface area contributed by atoms with Gasteiger partial charge in [-0.25, -0.2) is 0 Å². The number of carbonyl (C=O) groups excluding carboxylic acids is 1. The lowest BCUT2D eigenvalue weighted by molar-refractivity contribution is -0.120. The van der Waals surface area contributed by atoms with Gasteiger partial charge in [-0.3, -0.25) is 9.78 Å². The molecule has 1 aliphatic rings. The molecule has 8 heteroatoms. The number of aromatic nitrogens is 1. The molecule has 0 radical (unpaired) electrons. The van der Waals surface area contributed by atoms with Gasteiger partial charge in [0.05, 0.1) is 11.8 Å². The van der Waals surface area contributed by atoms with E-state index in [9.17, 15) is 9.90 Å². The van der Waals surface area contributed by atoms with E-state index in [4.69, 9.17) is 0 Å². The summed E-state index contributed by atoms with van der Waals surface area (Å²) in [4.78, 5) is 15.9. The van der Waals surface area contributed by atoms with Gasteiger partial charge in [-0.15, -0.1) is 24.8 Å². The lowest BCUT2D eigenvalue weighted by Gasteiger charge is -2.13. The van der Waals surface area contributed by atoms with Crippen LogP contribution in [0.25, 0.3) is 0 Å². The summed E-state index contributed by atoms with van der Waals surface area (Å²) in [7, 11) is 0. The first-order valence-corrected chi connectivity index (χ1v) is 8.04. The monoisotopic (exact) mass is 367 g/mol. The molecule has 3 N–H and O–H groups in total. The molecule has 2 rings (SSSR count). The van der Waals surface area contributed by atoms with Crippen LogP contribution in [0.2, 0.25) is 0 Å². The van der Waals surface area contributed by atoms with E-state index in [1.54, 1.807) is 18.0 Å². The lowest BCUT2D eigenvalue weighted by atomic mass is 10.1. The fraction of sp³-hybridized carbons (Fsp3) is 0.571. The average Bonchev–Trinajstić information content (AvgIpc) is 2.88. The van der Waals surface area contributed by atoms with E-state index in [1.165, 1.54) is 0 Å². The van der Waals surface area contributed by atoms with Crippen LogP contribution in [-0.4, -0.2) is 47.5 Å². The van der Waals surface area contributed by atoms with Crippen molar-refractivity contribution in [2.75, 3.05) is 25.4 Å². The Hall–Kier alpha value is -0.530. The number of hydrogen-bond acceptors (Lipinski definition) is 5. The molecule has 0 saturated carbocycles. The summed E-state index contributed by atoms with van der Waals surface area (Å²) in [5, 5.41) is 15.6. The predicted molar refractivity (Wildman–Crippen MR) is 94.9 cm³/mol. The topological polar surface area (TPSA) is 74.2 Å². The summed E-state index contributed by atoms with van der Waals surface area (Å²) in [6.07, 6.45) is 1.95. The Kier molecular flexibility index (Phi) is 11.7. The van der Waals surface area contributed by atoms with Crippen LogP contribution in [0.3, 0.4) is 0 Å². The minimum absolute atomic E-state index is 0. The Morgan fingerprint density at radius 1 is 1.41 bits per heavy atom. The summed E-state index contributed by atoms with van der Waals surface area (Å²) in [6.45, 7) is 1.95. The van der Waals surface area contributed by atoms with Gasteiger partial charge in [0.1, 0.15) is 0 Å². The van der Waals surface area contributed by atoms with Gasteiger partial charge in [0.25, 0.3) is 0 Å². The molecule has 2 unspecified atom stereocenters. The molecule has 0 bridgehead atoms. The van der Waals surface area contributed by atoms with Crippen LogP contribution in [0.5, 0.6) is 0 Å². The summed E-state index contributed by atoms with van der Waals surface area (Å²) < 4.78 is 0. The van der Waals surface area contributed by atoms with E-state index in [0.717, 1.165) is 23.7 Å². The van der Waals surface area contributed by atoms with Crippen LogP contribution in [0.15, 0.2) is 24.4 Å². The van der Waals surface area contributed by atoms with Crippen LogP contribution in [0.4, 0.5) is 0 Å². The summed E-state index contributed by atoms with van der Waals surface area (Å²) in [6, 6.07) is 5.85. The third kappa shape index (κ3) is 7.65. The molecule has 0 aliphatic carbocycles. The van der Waals surface area contributed by atoms with Crippen LogP contribution in [-0.2, 0) is 10.5 Å². The van der Waals surface area contributed by atoms with Crippen molar-refractivity contribution < 1.29 is 9.90 Å². The molecule has 0 spiro atoms. The Balaban J connectivity index is 0.00000220. The van der Waals surface area contributed by atoms with E-state index in [2.05, 4.69) is 15.6 Å². The number of aliphatic hydroxyl groups is 1. The average molecular weight is 368 g/mol. The maximum absolute atomic E-state index is 11.7. The number of rotatable bonds is 7. The molecule has 1 aromatic rings. The number of carbonyl (C=O) groups is 1. The first kappa shape index (κ1) is 21.5. The summed E-state index contributed by atoms with van der Waals surface area (Å²) >= 11 is 1.71. The minimum atomic E-state index is -0.339. The van der Waals surface area contributed by atoms with E-state index in [0.29, 0.717) is 19.5 Å². The highest BCUT2D eigenvalue weighted by Gasteiger charge is 2.24. The van der Waals surface area contributed by atoms with Gasteiger partial charge in [0.15, 0.2) is 0 Å². The quantitative estimate of drug-likeness (QED) is 0.632. The Labute approximate surface area is 147 Å². The second kappa shape index (κ2) is 12.0. The standard InChI is InChI=1S/C14H21N3O2S.2ClH/c18-13-9-15-7-11(13)8-17-14(19)4-6-20-10-12-3-1-2-5-16-12;;/h1-3,5,11,13,15,18H,4,6-10H2,(H,17,19);2*1H. The first-order valence-electron chi connectivity index (χ1n) is 6.89. The summed E-state index contributed by atoms with van der Waals surface area (Å²) in [5.41, 5.74) is 1.04. The van der Waals surface area contributed by atoms with Crippen molar-refractivity contribution in [1.29, 1.82) is 0 Å². The van der Waals surface area contributed by atoms with Crippen molar-refractivity contribution in [3.63, 3.8) is 0 Å². The first-order chi connectivity index (χ1) is 9.75. The van der Waals surface area contributed by atoms with Crippen LogP contribution in [0, 0.1) is 5.92 Å². The van der Waals surface area contributed by atoms with Crippen LogP contribution < -0.4 is 10.6 Å². The Morgan fingerprint density at radius 2 is 2.23 bits per heavy atom. The highest BCUT2D eigenvalue weighted by atomic mass is 35.5.